The molecule has 1 aromatic rings. The molecule has 3 aliphatic rings. The molecule has 2 heteroatoms. The molecule has 0 bridgehead atoms. The number of rotatable bonds is 7. The molecule has 1 aromatic carbocycles. The van der Waals surface area contributed by atoms with Crippen LogP contribution in [-0.2, 0) is 17.6 Å². The van der Waals surface area contributed by atoms with Crippen LogP contribution in [-0.4, -0.2) is 19.3 Å². The van der Waals surface area contributed by atoms with Gasteiger partial charge in [0.15, 0.2) is 0 Å². The maximum absolute atomic E-state index is 6.09. The monoisotopic (exact) mass is 408 g/mol. The van der Waals surface area contributed by atoms with Crippen LogP contribution in [0.15, 0.2) is 42.5 Å². The second kappa shape index (κ2) is 10.7. The van der Waals surface area contributed by atoms with Gasteiger partial charge in [-0.3, -0.25) is 0 Å². The number of allylic oxidation sites excluding steroid dienone is 2. The van der Waals surface area contributed by atoms with E-state index < -0.39 is 0 Å². The Morgan fingerprint density at radius 2 is 1.53 bits per heavy atom. The lowest BCUT2D eigenvalue weighted by molar-refractivity contribution is -0.0138. The molecule has 0 N–H and O–H groups in total. The Hall–Kier alpha value is -1.54. The molecule has 30 heavy (non-hydrogen) atoms. The van der Waals surface area contributed by atoms with Gasteiger partial charge in [0.05, 0.1) is 12.7 Å². The molecule has 0 radical (unpaired) electrons. The van der Waals surface area contributed by atoms with Gasteiger partial charge in [-0.15, -0.1) is 0 Å². The van der Waals surface area contributed by atoms with E-state index in [4.69, 9.17) is 9.47 Å². The van der Waals surface area contributed by atoms with Crippen LogP contribution in [0.4, 0.5) is 0 Å². The molecule has 0 amide bonds. The lowest BCUT2D eigenvalue weighted by atomic mass is 9.62. The molecule has 4 rings (SSSR count). The third kappa shape index (κ3) is 5.38. The first-order valence-electron chi connectivity index (χ1n) is 12.3. The second-order valence-electron chi connectivity index (χ2n) is 9.74. The zero-order chi connectivity index (χ0) is 20.8. The minimum Gasteiger partial charge on any atom is -0.490 e. The fourth-order valence-electron chi connectivity index (χ4n) is 6.24. The van der Waals surface area contributed by atoms with E-state index in [-0.39, 0.29) is 0 Å². The van der Waals surface area contributed by atoms with E-state index >= 15 is 0 Å². The van der Waals surface area contributed by atoms with Crippen LogP contribution in [0.2, 0.25) is 0 Å². The van der Waals surface area contributed by atoms with Crippen molar-refractivity contribution in [3.05, 3.63) is 53.6 Å². The Bertz CT molecular complexity index is 734. The van der Waals surface area contributed by atoms with Gasteiger partial charge in [-0.1, -0.05) is 30.4 Å². The smallest absolute Gasteiger partial charge is 0.120 e. The average molecular weight is 409 g/mol. The van der Waals surface area contributed by atoms with E-state index in [1.54, 1.807) is 5.56 Å². The van der Waals surface area contributed by atoms with E-state index in [1.165, 1.54) is 63.4 Å². The van der Waals surface area contributed by atoms with Crippen molar-refractivity contribution in [1.82, 2.24) is 0 Å². The second-order valence-corrected chi connectivity index (χ2v) is 9.74. The third-order valence-electron chi connectivity index (χ3n) is 7.96. The molecule has 0 aliphatic heterocycles. The van der Waals surface area contributed by atoms with E-state index in [1.807, 2.05) is 13.0 Å². The van der Waals surface area contributed by atoms with Crippen LogP contribution < -0.4 is 4.74 Å². The van der Waals surface area contributed by atoms with Crippen molar-refractivity contribution >= 4 is 0 Å². The molecular weight excluding hydrogens is 368 g/mol. The molecular formula is C28H40O2. The van der Waals surface area contributed by atoms with E-state index in [0.717, 1.165) is 36.0 Å². The van der Waals surface area contributed by atoms with Gasteiger partial charge in [-0.05, 0) is 119 Å². The summed E-state index contributed by atoms with van der Waals surface area (Å²) >= 11 is 0. The highest BCUT2D eigenvalue weighted by Crippen LogP contribution is 2.47. The molecule has 5 atom stereocenters. The summed E-state index contributed by atoms with van der Waals surface area (Å²) in [6.45, 7) is 5.58. The summed E-state index contributed by atoms with van der Waals surface area (Å²) in [5.41, 5.74) is 3.10. The van der Waals surface area contributed by atoms with Gasteiger partial charge in [0.2, 0.25) is 0 Å². The van der Waals surface area contributed by atoms with Crippen LogP contribution in [0.25, 0.3) is 0 Å². The van der Waals surface area contributed by atoms with Crippen molar-refractivity contribution in [3.63, 3.8) is 0 Å². The summed E-state index contributed by atoms with van der Waals surface area (Å²) in [6, 6.07) is 6.81. The first-order chi connectivity index (χ1) is 14.8. The van der Waals surface area contributed by atoms with Crippen LogP contribution in [0.5, 0.6) is 5.75 Å². The minimum absolute atomic E-state index is 0.504. The molecule has 0 heterocycles. The molecule has 0 spiro atoms. The van der Waals surface area contributed by atoms with Crippen molar-refractivity contribution in [3.8, 4) is 5.75 Å². The number of fused-ring (bicyclic) bond motifs is 2. The first kappa shape index (κ1) is 21.7. The molecule has 0 aromatic heterocycles. The van der Waals surface area contributed by atoms with Crippen LogP contribution in [0, 0.1) is 23.7 Å². The number of ether oxygens (including phenoxy) is 2. The Balaban J connectivity index is 1.29. The van der Waals surface area contributed by atoms with Crippen molar-refractivity contribution in [2.24, 2.45) is 23.7 Å². The SMILES string of the molecule is C/C=C/COc1ccc2c(c1)CCC(C1CCC3CC(OC/C=C/C)CCC3C1)C2. The van der Waals surface area contributed by atoms with E-state index in [0.29, 0.717) is 12.7 Å². The predicted molar refractivity (Wildman–Crippen MR) is 125 cm³/mol. The third-order valence-corrected chi connectivity index (χ3v) is 7.96. The standard InChI is InChI=1S/C28H40O2/c1-3-5-15-29-27-13-11-23-17-21(7-9-25(23)19-27)22-8-10-26-20-28(30-16-6-4-2)14-12-24(26)18-22/h3-6,11,13,19,21-22,24,26,28H,7-10,12,14-18,20H2,1-2H3/b5-3+,6-4+. The lowest BCUT2D eigenvalue weighted by Crippen LogP contribution is -2.37. The molecule has 2 saturated carbocycles. The van der Waals surface area contributed by atoms with Crippen molar-refractivity contribution in [2.45, 2.75) is 77.7 Å². The number of benzene rings is 1. The van der Waals surface area contributed by atoms with Crippen LogP contribution in [0.3, 0.4) is 0 Å². The first-order valence-corrected chi connectivity index (χ1v) is 12.3. The average Bonchev–Trinajstić information content (AvgIpc) is 2.78. The van der Waals surface area contributed by atoms with Gasteiger partial charge in [-0.2, -0.15) is 0 Å². The highest BCUT2D eigenvalue weighted by molar-refractivity contribution is 5.37. The zero-order valence-corrected chi connectivity index (χ0v) is 19.0. The van der Waals surface area contributed by atoms with Crippen molar-refractivity contribution < 1.29 is 9.47 Å². The van der Waals surface area contributed by atoms with Gasteiger partial charge < -0.3 is 9.47 Å². The Morgan fingerprint density at radius 3 is 2.37 bits per heavy atom. The predicted octanol–water partition coefficient (Wildman–Crippen LogP) is 6.92. The molecule has 164 valence electrons. The highest BCUT2D eigenvalue weighted by atomic mass is 16.5. The molecule has 5 unspecified atom stereocenters. The summed E-state index contributed by atoms with van der Waals surface area (Å²) in [5, 5.41) is 0. The van der Waals surface area contributed by atoms with Gasteiger partial charge >= 0.3 is 0 Å². The summed E-state index contributed by atoms with van der Waals surface area (Å²) in [7, 11) is 0. The summed E-state index contributed by atoms with van der Waals surface area (Å²) < 4.78 is 11.9. The Morgan fingerprint density at radius 1 is 0.800 bits per heavy atom. The molecule has 0 saturated heterocycles. The normalized spacial score (nSPS) is 31.6. The van der Waals surface area contributed by atoms with E-state index in [2.05, 4.69) is 43.4 Å². The maximum Gasteiger partial charge on any atom is 0.120 e. The van der Waals surface area contributed by atoms with Gasteiger partial charge in [0.25, 0.3) is 0 Å². The van der Waals surface area contributed by atoms with Gasteiger partial charge in [0.1, 0.15) is 12.4 Å². The van der Waals surface area contributed by atoms with Crippen LogP contribution in [0.1, 0.15) is 69.9 Å². The van der Waals surface area contributed by atoms with Gasteiger partial charge in [-0.25, -0.2) is 0 Å². The van der Waals surface area contributed by atoms with Crippen molar-refractivity contribution in [1.29, 1.82) is 0 Å². The van der Waals surface area contributed by atoms with Crippen molar-refractivity contribution in [2.75, 3.05) is 13.2 Å². The summed E-state index contributed by atoms with van der Waals surface area (Å²) in [5.74, 6) is 4.72. The topological polar surface area (TPSA) is 18.5 Å². The zero-order valence-electron chi connectivity index (χ0n) is 19.0. The van der Waals surface area contributed by atoms with E-state index in [9.17, 15) is 0 Å². The fourth-order valence-corrected chi connectivity index (χ4v) is 6.24. The lowest BCUT2D eigenvalue weighted by Gasteiger charge is -2.44. The fraction of sp³-hybridized carbons (Fsp3) is 0.643. The summed E-state index contributed by atoms with van der Waals surface area (Å²) in [4.78, 5) is 0. The number of hydrogen-bond acceptors (Lipinski definition) is 2. The Labute approximate surface area is 183 Å². The number of hydrogen-bond donors (Lipinski definition) is 0. The molecule has 3 aliphatic carbocycles. The molecule has 2 nitrogen and oxygen atoms in total. The quantitative estimate of drug-likeness (QED) is 0.456. The number of aryl methyl sites for hydroxylation is 1. The van der Waals surface area contributed by atoms with Crippen LogP contribution >= 0.6 is 0 Å². The van der Waals surface area contributed by atoms with Gasteiger partial charge in [0, 0.05) is 0 Å². The maximum atomic E-state index is 6.09. The summed E-state index contributed by atoms with van der Waals surface area (Å²) in [6.07, 6.45) is 21.0. The largest absolute Gasteiger partial charge is 0.490 e. The highest BCUT2D eigenvalue weighted by Gasteiger charge is 2.38. The minimum atomic E-state index is 0.504. The Kier molecular flexibility index (Phi) is 7.71. The molecule has 2 fully saturated rings.